The van der Waals surface area contributed by atoms with Crippen molar-refractivity contribution in [3.8, 4) is 0 Å². The van der Waals surface area contributed by atoms with Crippen molar-refractivity contribution in [3.05, 3.63) is 41.2 Å². The number of nitrogens with one attached hydrogen (secondary N) is 1. The summed E-state index contributed by atoms with van der Waals surface area (Å²) >= 11 is 1.50. The molecule has 7 heteroatoms. The maximum absolute atomic E-state index is 11.9. The molecule has 0 saturated carbocycles. The summed E-state index contributed by atoms with van der Waals surface area (Å²) in [6.07, 6.45) is 6.04. The molecule has 0 aliphatic carbocycles. The molecule has 1 N–H and O–H groups in total. The molecule has 0 bridgehead atoms. The molecule has 0 atom stereocenters. The van der Waals surface area contributed by atoms with Crippen LogP contribution in [-0.2, 0) is 11.2 Å². The standard InChI is InChI=1S/C23H35N5OS/c1-3-4-5-6-7-22(29)24-12-13-27-14-16-28(17-15-27)23-25-21(26-30-23)18-20-10-8-19(2)9-11-20/h8-11H,3-7,12-18H2,1-2H3,(H,24,29). The summed E-state index contributed by atoms with van der Waals surface area (Å²) in [6.45, 7) is 9.88. The molecule has 164 valence electrons. The van der Waals surface area contributed by atoms with Gasteiger partial charge in [0.05, 0.1) is 0 Å². The highest BCUT2D eigenvalue weighted by atomic mass is 32.1. The summed E-state index contributed by atoms with van der Waals surface area (Å²) in [5, 5.41) is 4.09. The number of carbonyl (C=O) groups is 1. The molecule has 30 heavy (non-hydrogen) atoms. The van der Waals surface area contributed by atoms with E-state index < -0.39 is 0 Å². The molecule has 2 heterocycles. The summed E-state index contributed by atoms with van der Waals surface area (Å²) in [4.78, 5) is 21.4. The fourth-order valence-electron chi connectivity index (χ4n) is 3.65. The quantitative estimate of drug-likeness (QED) is 0.553. The van der Waals surface area contributed by atoms with E-state index in [1.165, 1.54) is 35.5 Å². The summed E-state index contributed by atoms with van der Waals surface area (Å²) in [6, 6.07) is 8.57. The summed E-state index contributed by atoms with van der Waals surface area (Å²) in [7, 11) is 0. The Bertz CT molecular complexity index is 768. The number of rotatable bonds is 11. The fraction of sp³-hybridized carbons (Fsp3) is 0.609. The Morgan fingerprint density at radius 3 is 2.60 bits per heavy atom. The predicted molar refractivity (Wildman–Crippen MR) is 124 cm³/mol. The number of hydrogen-bond acceptors (Lipinski definition) is 6. The summed E-state index contributed by atoms with van der Waals surface area (Å²) in [5.74, 6) is 1.10. The number of carbonyl (C=O) groups excluding carboxylic acids is 1. The number of hydrogen-bond donors (Lipinski definition) is 1. The molecule has 1 amide bonds. The Hall–Kier alpha value is -1.99. The van der Waals surface area contributed by atoms with Gasteiger partial charge in [0.15, 0.2) is 0 Å². The average molecular weight is 430 g/mol. The summed E-state index contributed by atoms with van der Waals surface area (Å²) < 4.78 is 4.56. The van der Waals surface area contributed by atoms with Crippen molar-refractivity contribution in [2.75, 3.05) is 44.2 Å². The van der Waals surface area contributed by atoms with Gasteiger partial charge in [0, 0.05) is 63.6 Å². The molecule has 1 fully saturated rings. The second-order valence-corrected chi connectivity index (χ2v) is 8.88. The Morgan fingerprint density at radius 1 is 1.10 bits per heavy atom. The van der Waals surface area contributed by atoms with Gasteiger partial charge in [-0.25, -0.2) is 4.98 Å². The zero-order valence-corrected chi connectivity index (χ0v) is 19.2. The van der Waals surface area contributed by atoms with Crippen LogP contribution >= 0.6 is 11.5 Å². The van der Waals surface area contributed by atoms with Crippen molar-refractivity contribution in [1.82, 2.24) is 19.6 Å². The highest BCUT2D eigenvalue weighted by molar-refractivity contribution is 7.09. The van der Waals surface area contributed by atoms with Crippen molar-refractivity contribution in [3.63, 3.8) is 0 Å². The van der Waals surface area contributed by atoms with Crippen molar-refractivity contribution < 1.29 is 4.79 Å². The van der Waals surface area contributed by atoms with Gasteiger partial charge in [0.1, 0.15) is 5.82 Å². The molecule has 1 aliphatic heterocycles. The molecule has 0 spiro atoms. The van der Waals surface area contributed by atoms with Crippen LogP contribution in [0.15, 0.2) is 24.3 Å². The van der Waals surface area contributed by atoms with Crippen molar-refractivity contribution in [2.24, 2.45) is 0 Å². The molecule has 3 rings (SSSR count). The lowest BCUT2D eigenvalue weighted by Crippen LogP contribution is -2.48. The van der Waals surface area contributed by atoms with E-state index >= 15 is 0 Å². The normalized spacial score (nSPS) is 14.8. The number of aromatic nitrogens is 2. The van der Waals surface area contributed by atoms with E-state index in [-0.39, 0.29) is 5.91 Å². The first-order valence-corrected chi connectivity index (χ1v) is 12.0. The van der Waals surface area contributed by atoms with Gasteiger partial charge in [0.2, 0.25) is 11.0 Å². The number of aryl methyl sites for hydroxylation is 1. The van der Waals surface area contributed by atoms with Gasteiger partial charge < -0.3 is 10.2 Å². The first-order valence-electron chi connectivity index (χ1n) is 11.3. The minimum absolute atomic E-state index is 0.194. The van der Waals surface area contributed by atoms with E-state index in [2.05, 4.69) is 57.6 Å². The number of benzene rings is 1. The topological polar surface area (TPSA) is 61.4 Å². The van der Waals surface area contributed by atoms with Crippen LogP contribution in [-0.4, -0.2) is 59.4 Å². The third-order valence-corrected chi connectivity index (χ3v) is 6.41. The third-order valence-electron chi connectivity index (χ3n) is 5.59. The molecule has 1 aliphatic rings. The van der Waals surface area contributed by atoms with Crippen LogP contribution in [0.3, 0.4) is 0 Å². The minimum atomic E-state index is 0.194. The molecule has 0 unspecified atom stereocenters. The SMILES string of the molecule is CCCCCCC(=O)NCCN1CCN(c2nc(Cc3ccc(C)cc3)ns2)CC1. The van der Waals surface area contributed by atoms with Gasteiger partial charge in [-0.2, -0.15) is 4.37 Å². The molecule has 1 aromatic heterocycles. The third kappa shape index (κ3) is 7.36. The zero-order chi connectivity index (χ0) is 21.2. The number of anilines is 1. The molecule has 0 radical (unpaired) electrons. The van der Waals surface area contributed by atoms with Crippen LogP contribution in [0.1, 0.15) is 56.0 Å². The van der Waals surface area contributed by atoms with Gasteiger partial charge in [-0.3, -0.25) is 9.69 Å². The lowest BCUT2D eigenvalue weighted by Gasteiger charge is -2.34. The highest BCUT2D eigenvalue weighted by Crippen LogP contribution is 2.20. The Kier molecular flexibility index (Phi) is 9.08. The monoisotopic (exact) mass is 429 g/mol. The lowest BCUT2D eigenvalue weighted by atomic mass is 10.1. The smallest absolute Gasteiger partial charge is 0.220 e. The Morgan fingerprint density at radius 2 is 1.87 bits per heavy atom. The Balaban J connectivity index is 1.34. The van der Waals surface area contributed by atoms with Crippen LogP contribution in [0.25, 0.3) is 0 Å². The largest absolute Gasteiger partial charge is 0.355 e. The maximum atomic E-state index is 11.9. The van der Waals surface area contributed by atoms with E-state index in [1.54, 1.807) is 0 Å². The van der Waals surface area contributed by atoms with Crippen LogP contribution in [0.4, 0.5) is 5.13 Å². The molecular formula is C23H35N5OS. The Labute approximate surface area is 184 Å². The van der Waals surface area contributed by atoms with E-state index in [9.17, 15) is 4.79 Å². The van der Waals surface area contributed by atoms with Crippen LogP contribution in [0.2, 0.25) is 0 Å². The van der Waals surface area contributed by atoms with Gasteiger partial charge in [0.25, 0.3) is 0 Å². The number of piperazine rings is 1. The predicted octanol–water partition coefficient (Wildman–Crippen LogP) is 3.65. The van der Waals surface area contributed by atoms with E-state index in [0.29, 0.717) is 6.42 Å². The van der Waals surface area contributed by atoms with Crippen molar-refractivity contribution in [2.45, 2.75) is 52.4 Å². The second kappa shape index (κ2) is 12.0. The van der Waals surface area contributed by atoms with Gasteiger partial charge >= 0.3 is 0 Å². The van der Waals surface area contributed by atoms with Crippen molar-refractivity contribution >= 4 is 22.6 Å². The zero-order valence-electron chi connectivity index (χ0n) is 18.4. The average Bonchev–Trinajstić information content (AvgIpc) is 3.22. The molecule has 1 aromatic carbocycles. The van der Waals surface area contributed by atoms with Gasteiger partial charge in [-0.05, 0) is 18.9 Å². The number of amides is 1. The summed E-state index contributed by atoms with van der Waals surface area (Å²) in [5.41, 5.74) is 2.53. The molecule has 6 nitrogen and oxygen atoms in total. The van der Waals surface area contributed by atoms with Crippen LogP contribution < -0.4 is 10.2 Å². The highest BCUT2D eigenvalue weighted by Gasteiger charge is 2.20. The van der Waals surface area contributed by atoms with E-state index in [1.807, 2.05) is 0 Å². The van der Waals surface area contributed by atoms with Crippen molar-refractivity contribution in [1.29, 1.82) is 0 Å². The molecule has 1 saturated heterocycles. The maximum Gasteiger partial charge on any atom is 0.220 e. The second-order valence-electron chi connectivity index (χ2n) is 8.14. The first-order chi connectivity index (χ1) is 14.6. The van der Waals surface area contributed by atoms with Gasteiger partial charge in [-0.1, -0.05) is 56.0 Å². The van der Waals surface area contributed by atoms with Crippen LogP contribution in [0.5, 0.6) is 0 Å². The fourth-order valence-corrected chi connectivity index (χ4v) is 4.39. The van der Waals surface area contributed by atoms with E-state index in [0.717, 1.165) is 69.5 Å². The van der Waals surface area contributed by atoms with E-state index in [4.69, 9.17) is 4.98 Å². The molecule has 2 aromatic rings. The number of nitrogens with zero attached hydrogens (tertiary/aromatic N) is 4. The first kappa shape index (κ1) is 22.7. The van der Waals surface area contributed by atoms with Gasteiger partial charge in [-0.15, -0.1) is 0 Å². The van der Waals surface area contributed by atoms with Crippen LogP contribution in [0, 0.1) is 6.92 Å². The number of unbranched alkanes of at least 4 members (excludes halogenated alkanes) is 3. The molecular weight excluding hydrogens is 394 g/mol. The minimum Gasteiger partial charge on any atom is -0.355 e. The lowest BCUT2D eigenvalue weighted by molar-refractivity contribution is -0.121.